The molecule has 1 atom stereocenters. The molecule has 2 amide bonds. The zero-order valence-electron chi connectivity index (χ0n) is 23.9. The minimum Gasteiger partial charge on any atom is -0.352 e. The number of nitrogens with one attached hydrogen (secondary N) is 1. The first-order valence-corrected chi connectivity index (χ1v) is 16.5. The van der Waals surface area contributed by atoms with Gasteiger partial charge in [-0.2, -0.15) is 0 Å². The topological polar surface area (TPSA) is 86.8 Å². The number of hydrogen-bond donors (Lipinski definition) is 1. The van der Waals surface area contributed by atoms with Crippen LogP contribution in [0.25, 0.3) is 0 Å². The number of aryl methyl sites for hydroxylation is 1. The molecule has 0 radical (unpaired) electrons. The lowest BCUT2D eigenvalue weighted by atomic mass is 9.95. The standard InChI is InChI=1S/C32H37Cl2N3O4S/c1-3-29(32(39)35-26-12-8-5-9-13-26)36(21-24-10-6-4-7-11-24)31(38)22-37(30-20-25(33)16-19-28(30)34)42(40,41)27-17-14-23(2)15-18-27/h4,6-7,10-11,14-20,26,29H,3,5,8-9,12-13,21-22H2,1-2H3,(H,35,39). The molecule has 7 nitrogen and oxygen atoms in total. The van der Waals surface area contributed by atoms with E-state index < -0.39 is 28.5 Å². The van der Waals surface area contributed by atoms with E-state index in [1.54, 1.807) is 18.2 Å². The molecule has 1 unspecified atom stereocenters. The number of rotatable bonds is 11. The van der Waals surface area contributed by atoms with Gasteiger partial charge in [-0.15, -0.1) is 0 Å². The Morgan fingerprint density at radius 2 is 1.62 bits per heavy atom. The third-order valence-electron chi connectivity index (χ3n) is 7.60. The maximum absolute atomic E-state index is 14.2. The monoisotopic (exact) mass is 629 g/mol. The molecule has 10 heteroatoms. The van der Waals surface area contributed by atoms with E-state index >= 15 is 0 Å². The van der Waals surface area contributed by atoms with Gasteiger partial charge in [-0.1, -0.05) is 97.4 Å². The van der Waals surface area contributed by atoms with Gasteiger partial charge in [0.15, 0.2) is 0 Å². The molecule has 4 rings (SSSR count). The van der Waals surface area contributed by atoms with Crippen LogP contribution in [-0.4, -0.2) is 43.8 Å². The van der Waals surface area contributed by atoms with Crippen LogP contribution in [-0.2, 0) is 26.2 Å². The van der Waals surface area contributed by atoms with Crippen molar-refractivity contribution in [2.45, 2.75) is 75.9 Å². The van der Waals surface area contributed by atoms with Crippen LogP contribution in [0.2, 0.25) is 10.0 Å². The predicted molar refractivity (Wildman–Crippen MR) is 168 cm³/mol. The van der Waals surface area contributed by atoms with Gasteiger partial charge in [-0.25, -0.2) is 8.42 Å². The Hall–Kier alpha value is -3.07. The molecule has 3 aromatic carbocycles. The van der Waals surface area contributed by atoms with E-state index in [9.17, 15) is 18.0 Å². The molecule has 1 N–H and O–H groups in total. The van der Waals surface area contributed by atoms with Crippen LogP contribution < -0.4 is 9.62 Å². The fourth-order valence-corrected chi connectivity index (χ4v) is 7.13. The summed E-state index contributed by atoms with van der Waals surface area (Å²) >= 11 is 12.8. The maximum atomic E-state index is 14.2. The van der Waals surface area contributed by atoms with E-state index in [1.165, 1.54) is 29.2 Å². The lowest BCUT2D eigenvalue weighted by Crippen LogP contribution is -2.54. The molecular formula is C32H37Cl2N3O4S. The van der Waals surface area contributed by atoms with E-state index in [0.717, 1.165) is 47.5 Å². The molecule has 1 aliphatic carbocycles. The van der Waals surface area contributed by atoms with Crippen LogP contribution in [0.4, 0.5) is 5.69 Å². The molecule has 1 aliphatic rings. The van der Waals surface area contributed by atoms with E-state index in [4.69, 9.17) is 23.2 Å². The van der Waals surface area contributed by atoms with Gasteiger partial charge < -0.3 is 10.2 Å². The Morgan fingerprint density at radius 3 is 2.26 bits per heavy atom. The molecule has 3 aromatic rings. The Bertz CT molecular complexity index is 1480. The molecule has 224 valence electrons. The Morgan fingerprint density at radius 1 is 0.952 bits per heavy atom. The summed E-state index contributed by atoms with van der Waals surface area (Å²) in [4.78, 5) is 29.3. The van der Waals surface area contributed by atoms with Crippen LogP contribution in [0.3, 0.4) is 0 Å². The average molecular weight is 631 g/mol. The molecule has 0 heterocycles. The number of sulfonamides is 1. The summed E-state index contributed by atoms with van der Waals surface area (Å²) in [7, 11) is -4.24. The van der Waals surface area contributed by atoms with Crippen molar-refractivity contribution in [2.75, 3.05) is 10.8 Å². The summed E-state index contributed by atoms with van der Waals surface area (Å²) in [5, 5.41) is 3.54. The Kier molecular flexibility index (Phi) is 10.9. The van der Waals surface area contributed by atoms with Crippen LogP contribution >= 0.6 is 23.2 Å². The fraction of sp³-hybridized carbons (Fsp3) is 0.375. The first-order chi connectivity index (χ1) is 20.1. The highest BCUT2D eigenvalue weighted by atomic mass is 35.5. The first kappa shape index (κ1) is 31.9. The van der Waals surface area contributed by atoms with Crippen LogP contribution in [0, 0.1) is 6.92 Å². The van der Waals surface area contributed by atoms with Gasteiger partial charge in [0.25, 0.3) is 10.0 Å². The smallest absolute Gasteiger partial charge is 0.264 e. The highest BCUT2D eigenvalue weighted by molar-refractivity contribution is 7.92. The van der Waals surface area contributed by atoms with Crippen molar-refractivity contribution in [3.8, 4) is 0 Å². The van der Waals surface area contributed by atoms with Gasteiger partial charge in [0, 0.05) is 17.6 Å². The average Bonchev–Trinajstić information content (AvgIpc) is 2.98. The van der Waals surface area contributed by atoms with Crippen LogP contribution in [0.5, 0.6) is 0 Å². The second kappa shape index (κ2) is 14.4. The fourth-order valence-electron chi connectivity index (χ4n) is 5.27. The number of amides is 2. The quantitative estimate of drug-likeness (QED) is 0.254. The predicted octanol–water partition coefficient (Wildman–Crippen LogP) is 6.75. The van der Waals surface area contributed by atoms with Crippen molar-refractivity contribution >= 4 is 50.7 Å². The lowest BCUT2D eigenvalue weighted by Gasteiger charge is -2.34. The zero-order chi connectivity index (χ0) is 30.3. The van der Waals surface area contributed by atoms with E-state index in [0.29, 0.717) is 6.42 Å². The minimum absolute atomic E-state index is 0.00800. The highest BCUT2D eigenvalue weighted by Gasteiger charge is 2.35. The van der Waals surface area contributed by atoms with Crippen molar-refractivity contribution in [1.82, 2.24) is 10.2 Å². The highest BCUT2D eigenvalue weighted by Crippen LogP contribution is 2.33. The Labute approximate surface area is 258 Å². The molecule has 0 saturated heterocycles. The second-order valence-electron chi connectivity index (χ2n) is 10.7. The van der Waals surface area contributed by atoms with Gasteiger partial charge >= 0.3 is 0 Å². The summed E-state index contributed by atoms with van der Waals surface area (Å²) in [6.07, 6.45) is 5.44. The summed E-state index contributed by atoms with van der Waals surface area (Å²) in [5.74, 6) is -0.765. The number of carbonyl (C=O) groups is 2. The van der Waals surface area contributed by atoms with E-state index in [1.807, 2.05) is 44.2 Å². The first-order valence-electron chi connectivity index (χ1n) is 14.3. The molecule has 0 aromatic heterocycles. The number of nitrogens with zero attached hydrogens (tertiary/aromatic N) is 2. The van der Waals surface area contributed by atoms with Gasteiger partial charge in [-0.3, -0.25) is 13.9 Å². The number of anilines is 1. The second-order valence-corrected chi connectivity index (χ2v) is 13.4. The summed E-state index contributed by atoms with van der Waals surface area (Å²) in [5.41, 5.74) is 1.79. The minimum atomic E-state index is -4.24. The molecule has 1 fully saturated rings. The number of hydrogen-bond acceptors (Lipinski definition) is 4. The van der Waals surface area contributed by atoms with E-state index in [-0.39, 0.29) is 39.1 Å². The third kappa shape index (κ3) is 7.85. The molecule has 0 aliphatic heterocycles. The molecule has 0 bridgehead atoms. The SMILES string of the molecule is CCC(C(=O)NC1CCCCC1)N(Cc1ccccc1)C(=O)CN(c1cc(Cl)ccc1Cl)S(=O)(=O)c1ccc(C)cc1. The summed E-state index contributed by atoms with van der Waals surface area (Å²) < 4.78 is 29.1. The lowest BCUT2D eigenvalue weighted by molar-refractivity contribution is -0.140. The van der Waals surface area contributed by atoms with Gasteiger partial charge in [0.1, 0.15) is 12.6 Å². The van der Waals surface area contributed by atoms with Crippen molar-refractivity contribution < 1.29 is 18.0 Å². The van der Waals surface area contributed by atoms with Gasteiger partial charge in [0.2, 0.25) is 11.8 Å². The van der Waals surface area contributed by atoms with Crippen LogP contribution in [0.15, 0.2) is 77.7 Å². The number of benzene rings is 3. The number of carbonyl (C=O) groups excluding carboxylic acids is 2. The van der Waals surface area contributed by atoms with Crippen molar-refractivity contribution in [2.24, 2.45) is 0 Å². The molecule has 42 heavy (non-hydrogen) atoms. The van der Waals surface area contributed by atoms with Crippen molar-refractivity contribution in [3.05, 3.63) is 94.0 Å². The van der Waals surface area contributed by atoms with Crippen LogP contribution in [0.1, 0.15) is 56.6 Å². The Balaban J connectivity index is 1.72. The zero-order valence-corrected chi connectivity index (χ0v) is 26.3. The van der Waals surface area contributed by atoms with Crippen molar-refractivity contribution in [1.29, 1.82) is 0 Å². The van der Waals surface area contributed by atoms with Gasteiger partial charge in [-0.05, 0) is 62.1 Å². The number of halogens is 2. The molecule has 1 saturated carbocycles. The van der Waals surface area contributed by atoms with Crippen molar-refractivity contribution in [3.63, 3.8) is 0 Å². The van der Waals surface area contributed by atoms with E-state index in [2.05, 4.69) is 5.32 Å². The largest absolute Gasteiger partial charge is 0.352 e. The summed E-state index contributed by atoms with van der Waals surface area (Å²) in [6.45, 7) is 3.27. The molecular weight excluding hydrogens is 593 g/mol. The third-order valence-corrected chi connectivity index (χ3v) is 9.93. The molecule has 0 spiro atoms. The summed E-state index contributed by atoms with van der Waals surface area (Å²) in [6, 6.07) is 19.5. The normalized spacial score (nSPS) is 14.7. The van der Waals surface area contributed by atoms with Gasteiger partial charge in [0.05, 0.1) is 15.6 Å². The maximum Gasteiger partial charge on any atom is 0.264 e.